The van der Waals surface area contributed by atoms with Crippen LogP contribution in [0.25, 0.3) is 0 Å². The van der Waals surface area contributed by atoms with Crippen LogP contribution >= 0.6 is 0 Å². The number of rotatable bonds is 3. The maximum absolute atomic E-state index is 10.9. The number of amides is 2. The van der Waals surface area contributed by atoms with Gasteiger partial charge in [-0.2, -0.15) is 0 Å². The van der Waals surface area contributed by atoms with Gasteiger partial charge in [0.15, 0.2) is 0 Å². The van der Waals surface area contributed by atoms with Crippen molar-refractivity contribution in [2.45, 2.75) is 12.8 Å². The minimum atomic E-state index is -0.323. The molecule has 0 spiro atoms. The largest absolute Gasteiger partial charge is 0.358 e. The quantitative estimate of drug-likeness (QED) is 0.469. The fourth-order valence-electron chi connectivity index (χ4n) is 0.814. The van der Waals surface area contributed by atoms with Crippen LogP contribution in [0.3, 0.4) is 0 Å². The zero-order chi connectivity index (χ0) is 9.14. The number of carbonyl (C=O) groups is 2. The van der Waals surface area contributed by atoms with Crippen molar-refractivity contribution < 1.29 is 14.4 Å². The second kappa shape index (κ2) is 3.25. The Morgan fingerprint density at radius 2 is 2.00 bits per heavy atom. The second-order valence-corrected chi connectivity index (χ2v) is 2.35. The molecule has 1 heterocycles. The number of carbonyl (C=O) groups excluding carboxylic acids is 2. The normalized spacial score (nSPS) is 16.6. The minimum Gasteiger partial charge on any atom is -0.358 e. The molecule has 0 atom stereocenters. The molecule has 0 aliphatic carbocycles. The van der Waals surface area contributed by atoms with Crippen LogP contribution in [0.1, 0.15) is 12.8 Å². The van der Waals surface area contributed by atoms with Crippen LogP contribution in [-0.2, 0) is 14.4 Å². The van der Waals surface area contributed by atoms with Crippen LogP contribution < -0.4 is 5.32 Å². The lowest BCUT2D eigenvalue weighted by molar-refractivity contribution is -0.177. The molecule has 0 bridgehead atoms. The molecule has 0 aromatic heterocycles. The standard InChI is InChI=1S/C7H10N2O3/c1-5(8-2)12-9-6(10)3-4-7(9)11/h8H,1,3-4H2,2H3. The molecule has 0 saturated carbocycles. The van der Waals surface area contributed by atoms with E-state index in [0.717, 1.165) is 5.06 Å². The molecule has 0 aromatic rings. The van der Waals surface area contributed by atoms with Crippen LogP contribution in [0.2, 0.25) is 0 Å². The van der Waals surface area contributed by atoms with Crippen molar-refractivity contribution in [2.24, 2.45) is 0 Å². The molecule has 1 fully saturated rings. The third-order valence-electron chi connectivity index (χ3n) is 1.49. The molecule has 5 heteroatoms. The summed E-state index contributed by atoms with van der Waals surface area (Å²) in [5.74, 6) is -0.466. The number of hydrogen-bond acceptors (Lipinski definition) is 4. The van der Waals surface area contributed by atoms with E-state index in [9.17, 15) is 9.59 Å². The van der Waals surface area contributed by atoms with Crippen molar-refractivity contribution in [2.75, 3.05) is 7.05 Å². The molecule has 1 aliphatic rings. The summed E-state index contributed by atoms with van der Waals surface area (Å²) in [5, 5.41) is 3.31. The highest BCUT2D eigenvalue weighted by Crippen LogP contribution is 2.13. The molecule has 1 aliphatic heterocycles. The maximum atomic E-state index is 10.9. The number of hydrogen-bond donors (Lipinski definition) is 1. The Kier molecular flexibility index (Phi) is 2.32. The van der Waals surface area contributed by atoms with Gasteiger partial charge in [0.2, 0.25) is 5.88 Å². The summed E-state index contributed by atoms with van der Waals surface area (Å²) >= 11 is 0. The van der Waals surface area contributed by atoms with Crippen molar-refractivity contribution in [3.63, 3.8) is 0 Å². The zero-order valence-electron chi connectivity index (χ0n) is 6.79. The molecule has 0 aromatic carbocycles. The average molecular weight is 170 g/mol. The van der Waals surface area contributed by atoms with Crippen molar-refractivity contribution in [1.29, 1.82) is 0 Å². The SMILES string of the molecule is C=C(NC)ON1C(=O)CCC1=O. The second-order valence-electron chi connectivity index (χ2n) is 2.35. The van der Waals surface area contributed by atoms with Gasteiger partial charge in [-0.25, -0.2) is 0 Å². The van der Waals surface area contributed by atoms with Crippen LogP contribution in [-0.4, -0.2) is 23.9 Å². The van der Waals surface area contributed by atoms with Gasteiger partial charge < -0.3 is 10.2 Å². The minimum absolute atomic E-state index is 0.179. The van der Waals surface area contributed by atoms with E-state index in [2.05, 4.69) is 11.9 Å². The summed E-state index contributed by atoms with van der Waals surface area (Å²) in [5.41, 5.74) is 0. The van der Waals surface area contributed by atoms with E-state index in [1.807, 2.05) is 0 Å². The lowest BCUT2D eigenvalue weighted by Gasteiger charge is -2.14. The predicted molar refractivity (Wildman–Crippen MR) is 40.4 cm³/mol. The van der Waals surface area contributed by atoms with E-state index >= 15 is 0 Å². The molecule has 1 saturated heterocycles. The zero-order valence-corrected chi connectivity index (χ0v) is 6.79. The first-order valence-electron chi connectivity index (χ1n) is 3.55. The van der Waals surface area contributed by atoms with Gasteiger partial charge in [0.05, 0.1) is 0 Å². The Hall–Kier alpha value is -1.52. The summed E-state index contributed by atoms with van der Waals surface area (Å²) in [7, 11) is 1.59. The predicted octanol–water partition coefficient (Wildman–Crippen LogP) is -0.242. The Balaban J connectivity index is 2.56. The molecular formula is C7H10N2O3. The van der Waals surface area contributed by atoms with E-state index in [-0.39, 0.29) is 30.5 Å². The highest BCUT2D eigenvalue weighted by atomic mass is 16.7. The Morgan fingerprint density at radius 3 is 2.42 bits per heavy atom. The highest BCUT2D eigenvalue weighted by Gasteiger charge is 2.31. The van der Waals surface area contributed by atoms with Gasteiger partial charge in [-0.3, -0.25) is 9.59 Å². The Bertz CT molecular complexity index is 221. The van der Waals surface area contributed by atoms with Gasteiger partial charge in [0, 0.05) is 19.9 Å². The molecule has 0 unspecified atom stereocenters. The molecule has 1 rings (SSSR count). The van der Waals surface area contributed by atoms with Gasteiger partial charge in [0.1, 0.15) is 0 Å². The lowest BCUT2D eigenvalue weighted by Crippen LogP contribution is -2.31. The van der Waals surface area contributed by atoms with Crippen molar-refractivity contribution in [1.82, 2.24) is 10.4 Å². The van der Waals surface area contributed by atoms with E-state index in [4.69, 9.17) is 4.84 Å². The first-order chi connectivity index (χ1) is 5.65. The van der Waals surface area contributed by atoms with Gasteiger partial charge in [-0.05, 0) is 6.58 Å². The fourth-order valence-corrected chi connectivity index (χ4v) is 0.814. The number of imide groups is 1. The lowest BCUT2D eigenvalue weighted by atomic mass is 10.4. The molecule has 2 amide bonds. The smallest absolute Gasteiger partial charge is 0.264 e. The van der Waals surface area contributed by atoms with E-state index in [1.165, 1.54) is 0 Å². The van der Waals surface area contributed by atoms with Crippen LogP contribution in [0.5, 0.6) is 0 Å². The summed E-state index contributed by atoms with van der Waals surface area (Å²) in [4.78, 5) is 26.7. The van der Waals surface area contributed by atoms with Gasteiger partial charge in [-0.15, -0.1) is 5.06 Å². The average Bonchev–Trinajstić information content (AvgIpc) is 2.35. The third kappa shape index (κ3) is 1.55. The third-order valence-corrected chi connectivity index (χ3v) is 1.49. The summed E-state index contributed by atoms with van der Waals surface area (Å²) in [6, 6.07) is 0. The summed E-state index contributed by atoms with van der Waals surface area (Å²) in [6.45, 7) is 3.43. The van der Waals surface area contributed by atoms with Crippen LogP contribution in [0.4, 0.5) is 0 Å². The molecular weight excluding hydrogens is 160 g/mol. The molecule has 1 N–H and O–H groups in total. The number of hydroxylamine groups is 2. The first-order valence-corrected chi connectivity index (χ1v) is 3.55. The summed E-state index contributed by atoms with van der Waals surface area (Å²) in [6.07, 6.45) is 0.436. The first kappa shape index (κ1) is 8.58. The van der Waals surface area contributed by atoms with Crippen molar-refractivity contribution >= 4 is 11.8 Å². The monoisotopic (exact) mass is 170 g/mol. The molecule has 5 nitrogen and oxygen atoms in total. The van der Waals surface area contributed by atoms with Gasteiger partial charge in [0.25, 0.3) is 11.8 Å². The number of nitrogens with zero attached hydrogens (tertiary/aromatic N) is 1. The van der Waals surface area contributed by atoms with E-state index in [1.54, 1.807) is 7.05 Å². The highest BCUT2D eigenvalue weighted by molar-refractivity contribution is 6.00. The van der Waals surface area contributed by atoms with E-state index in [0.29, 0.717) is 0 Å². The fraction of sp³-hybridized carbons (Fsp3) is 0.429. The maximum Gasteiger partial charge on any atom is 0.264 e. The van der Waals surface area contributed by atoms with Crippen molar-refractivity contribution in [3.05, 3.63) is 12.5 Å². The van der Waals surface area contributed by atoms with Gasteiger partial charge in [-0.1, -0.05) is 0 Å². The van der Waals surface area contributed by atoms with E-state index < -0.39 is 0 Å². The topological polar surface area (TPSA) is 58.6 Å². The van der Waals surface area contributed by atoms with Crippen molar-refractivity contribution in [3.8, 4) is 0 Å². The molecule has 66 valence electrons. The molecule has 0 radical (unpaired) electrons. The van der Waals surface area contributed by atoms with Crippen LogP contribution in [0.15, 0.2) is 12.5 Å². The Morgan fingerprint density at radius 1 is 1.50 bits per heavy atom. The summed E-state index contributed by atoms with van der Waals surface area (Å²) < 4.78 is 0. The van der Waals surface area contributed by atoms with Gasteiger partial charge >= 0.3 is 0 Å². The van der Waals surface area contributed by atoms with Crippen LogP contribution in [0, 0.1) is 0 Å². The Labute approximate surface area is 69.9 Å². The molecule has 12 heavy (non-hydrogen) atoms. The number of nitrogens with one attached hydrogen (secondary N) is 1.